The molecule has 3 heteroatoms. The summed E-state index contributed by atoms with van der Waals surface area (Å²) in [5.41, 5.74) is 6.12. The molecule has 0 radical (unpaired) electrons. The maximum absolute atomic E-state index is 9.03. The van der Waals surface area contributed by atoms with Crippen LogP contribution in [-0.4, -0.2) is 10.2 Å². The van der Waals surface area contributed by atoms with E-state index in [1.54, 1.807) is 6.92 Å². The molecule has 0 aliphatic heterocycles. The van der Waals surface area contributed by atoms with Gasteiger partial charge in [0.1, 0.15) is 11.5 Å². The van der Waals surface area contributed by atoms with E-state index in [1.165, 1.54) is 12.1 Å². The van der Waals surface area contributed by atoms with Crippen LogP contribution in [0.15, 0.2) is 12.1 Å². The topological polar surface area (TPSA) is 66.5 Å². The van der Waals surface area contributed by atoms with Gasteiger partial charge < -0.3 is 15.9 Å². The summed E-state index contributed by atoms with van der Waals surface area (Å²) in [6.07, 6.45) is 0. The Kier molecular flexibility index (Phi) is 1.41. The van der Waals surface area contributed by atoms with Crippen molar-refractivity contribution in [2.24, 2.45) is 0 Å². The Morgan fingerprint density at radius 2 is 1.70 bits per heavy atom. The fourth-order valence-electron chi connectivity index (χ4n) is 0.703. The Balaban J connectivity index is 3.34. The van der Waals surface area contributed by atoms with E-state index in [0.717, 1.165) is 0 Å². The number of benzene rings is 1. The number of hydrogen-bond donors (Lipinski definition) is 3. The molecule has 0 aliphatic rings. The summed E-state index contributed by atoms with van der Waals surface area (Å²) in [5.74, 6) is 0.116. The highest BCUT2D eigenvalue weighted by molar-refractivity contribution is 5.61. The molecular formula is C7H9NO2. The predicted octanol–water partition coefficient (Wildman–Crippen LogP) is 0.988. The van der Waals surface area contributed by atoms with Gasteiger partial charge in [-0.15, -0.1) is 0 Å². The van der Waals surface area contributed by atoms with Gasteiger partial charge in [0.2, 0.25) is 0 Å². The smallest absolute Gasteiger partial charge is 0.139 e. The van der Waals surface area contributed by atoms with Crippen LogP contribution in [0.1, 0.15) is 5.56 Å². The molecule has 1 aromatic rings. The molecule has 0 saturated heterocycles. The van der Waals surface area contributed by atoms with E-state index in [9.17, 15) is 0 Å². The highest BCUT2D eigenvalue weighted by Gasteiger charge is 2.03. The van der Waals surface area contributed by atoms with Crippen LogP contribution >= 0.6 is 0 Å². The molecular weight excluding hydrogens is 130 g/mol. The molecule has 10 heavy (non-hydrogen) atoms. The summed E-state index contributed by atoms with van der Waals surface area (Å²) in [6, 6.07) is 2.76. The fraction of sp³-hybridized carbons (Fsp3) is 0.143. The summed E-state index contributed by atoms with van der Waals surface area (Å²) in [5, 5.41) is 18.0. The zero-order chi connectivity index (χ0) is 7.72. The van der Waals surface area contributed by atoms with Gasteiger partial charge in [0.25, 0.3) is 0 Å². The Morgan fingerprint density at radius 3 is 2.20 bits per heavy atom. The Hall–Kier alpha value is -1.38. The standard InChI is InChI=1S/C7H9NO2/c1-4-5(9)2-3-6(10)7(4)8/h2-3,9-10H,8H2,1H3. The predicted molar refractivity (Wildman–Crippen MR) is 38.9 cm³/mol. The molecule has 0 bridgehead atoms. The normalized spacial score (nSPS) is 9.70. The van der Waals surface area contributed by atoms with Gasteiger partial charge in [-0.3, -0.25) is 0 Å². The van der Waals surface area contributed by atoms with Crippen LogP contribution in [0.4, 0.5) is 5.69 Å². The molecule has 0 unspecified atom stereocenters. The molecule has 1 aromatic carbocycles. The van der Waals surface area contributed by atoms with Crippen molar-refractivity contribution < 1.29 is 10.2 Å². The minimum Gasteiger partial charge on any atom is -0.508 e. The molecule has 0 heterocycles. The third-order valence-electron chi connectivity index (χ3n) is 1.46. The Morgan fingerprint density at radius 1 is 1.20 bits per heavy atom. The summed E-state index contributed by atoms with van der Waals surface area (Å²) >= 11 is 0. The Bertz CT molecular complexity index is 231. The molecule has 3 nitrogen and oxygen atoms in total. The summed E-state index contributed by atoms with van der Waals surface area (Å²) in [4.78, 5) is 0. The largest absolute Gasteiger partial charge is 0.508 e. The van der Waals surface area contributed by atoms with Crippen molar-refractivity contribution in [3.05, 3.63) is 17.7 Å². The average molecular weight is 139 g/mol. The highest BCUT2D eigenvalue weighted by atomic mass is 16.3. The van der Waals surface area contributed by atoms with Crippen molar-refractivity contribution in [3.63, 3.8) is 0 Å². The minimum atomic E-state index is 0.00954. The van der Waals surface area contributed by atoms with Crippen molar-refractivity contribution in [1.82, 2.24) is 0 Å². The molecule has 54 valence electrons. The molecule has 0 saturated carbocycles. The van der Waals surface area contributed by atoms with Crippen molar-refractivity contribution in [3.8, 4) is 11.5 Å². The number of nitrogens with two attached hydrogens (primary N) is 1. The van der Waals surface area contributed by atoms with Gasteiger partial charge in [0.15, 0.2) is 0 Å². The van der Waals surface area contributed by atoms with Gasteiger partial charge >= 0.3 is 0 Å². The molecule has 4 N–H and O–H groups in total. The van der Waals surface area contributed by atoms with Gasteiger partial charge in [-0.2, -0.15) is 0 Å². The number of hydrogen-bond acceptors (Lipinski definition) is 3. The highest BCUT2D eigenvalue weighted by Crippen LogP contribution is 2.29. The first-order valence-electron chi connectivity index (χ1n) is 2.90. The maximum atomic E-state index is 9.03. The van der Waals surface area contributed by atoms with Gasteiger partial charge in [0.05, 0.1) is 5.69 Å². The quantitative estimate of drug-likeness (QED) is 0.285. The first-order chi connectivity index (χ1) is 4.63. The van der Waals surface area contributed by atoms with Crippen molar-refractivity contribution >= 4 is 5.69 Å². The van der Waals surface area contributed by atoms with Gasteiger partial charge in [-0.1, -0.05) is 0 Å². The second-order valence-electron chi connectivity index (χ2n) is 2.14. The number of phenolic OH excluding ortho intramolecular Hbond substituents is 2. The van der Waals surface area contributed by atoms with Crippen LogP contribution in [0.2, 0.25) is 0 Å². The van der Waals surface area contributed by atoms with Gasteiger partial charge in [-0.05, 0) is 19.1 Å². The van der Waals surface area contributed by atoms with Crippen LogP contribution in [0.5, 0.6) is 11.5 Å². The first-order valence-corrected chi connectivity index (χ1v) is 2.90. The van der Waals surface area contributed by atoms with E-state index in [0.29, 0.717) is 5.56 Å². The second kappa shape index (κ2) is 2.10. The van der Waals surface area contributed by atoms with E-state index < -0.39 is 0 Å². The molecule has 0 amide bonds. The number of aromatic hydroxyl groups is 2. The van der Waals surface area contributed by atoms with E-state index in [1.807, 2.05) is 0 Å². The van der Waals surface area contributed by atoms with Crippen LogP contribution < -0.4 is 5.73 Å². The van der Waals surface area contributed by atoms with Crippen LogP contribution in [-0.2, 0) is 0 Å². The summed E-state index contributed by atoms with van der Waals surface area (Å²) < 4.78 is 0. The van der Waals surface area contributed by atoms with E-state index in [4.69, 9.17) is 15.9 Å². The van der Waals surface area contributed by atoms with Crippen LogP contribution in [0.3, 0.4) is 0 Å². The lowest BCUT2D eigenvalue weighted by Gasteiger charge is -2.03. The maximum Gasteiger partial charge on any atom is 0.139 e. The lowest BCUT2D eigenvalue weighted by molar-refractivity contribution is 0.459. The zero-order valence-corrected chi connectivity index (χ0v) is 5.63. The monoisotopic (exact) mass is 139 g/mol. The number of anilines is 1. The minimum absolute atomic E-state index is 0.00954. The molecule has 0 aromatic heterocycles. The number of phenols is 2. The first kappa shape index (κ1) is 6.74. The molecule has 0 atom stereocenters. The third-order valence-corrected chi connectivity index (χ3v) is 1.46. The third kappa shape index (κ3) is 0.857. The van der Waals surface area contributed by atoms with Crippen molar-refractivity contribution in [2.75, 3.05) is 5.73 Å². The average Bonchev–Trinajstić information content (AvgIpc) is 1.93. The van der Waals surface area contributed by atoms with Gasteiger partial charge in [0, 0.05) is 5.56 Å². The van der Waals surface area contributed by atoms with Crippen molar-refractivity contribution in [1.29, 1.82) is 0 Å². The fourth-order valence-corrected chi connectivity index (χ4v) is 0.703. The van der Waals surface area contributed by atoms with Crippen LogP contribution in [0.25, 0.3) is 0 Å². The summed E-state index contributed by atoms with van der Waals surface area (Å²) in [6.45, 7) is 1.64. The van der Waals surface area contributed by atoms with E-state index >= 15 is 0 Å². The molecule has 1 rings (SSSR count). The van der Waals surface area contributed by atoms with E-state index in [2.05, 4.69) is 0 Å². The molecule has 0 fully saturated rings. The SMILES string of the molecule is Cc1c(O)ccc(O)c1N. The van der Waals surface area contributed by atoms with Crippen molar-refractivity contribution in [2.45, 2.75) is 6.92 Å². The lowest BCUT2D eigenvalue weighted by atomic mass is 10.2. The molecule has 0 spiro atoms. The summed E-state index contributed by atoms with van der Waals surface area (Å²) in [7, 11) is 0. The second-order valence-corrected chi connectivity index (χ2v) is 2.14. The zero-order valence-electron chi connectivity index (χ0n) is 5.63. The molecule has 0 aliphatic carbocycles. The Labute approximate surface area is 58.7 Å². The van der Waals surface area contributed by atoms with E-state index in [-0.39, 0.29) is 17.2 Å². The van der Waals surface area contributed by atoms with Gasteiger partial charge in [-0.25, -0.2) is 0 Å². The lowest BCUT2D eigenvalue weighted by Crippen LogP contribution is -1.89. The van der Waals surface area contributed by atoms with Crippen LogP contribution in [0, 0.1) is 6.92 Å². The number of rotatable bonds is 0. The number of nitrogen functional groups attached to an aromatic ring is 1.